The Morgan fingerprint density at radius 3 is 2.52 bits per heavy atom. The van der Waals surface area contributed by atoms with Gasteiger partial charge in [-0.05, 0) is 36.8 Å². The van der Waals surface area contributed by atoms with Gasteiger partial charge in [-0.2, -0.15) is 0 Å². The average molecular weight is 312 g/mol. The van der Waals surface area contributed by atoms with Gasteiger partial charge < -0.3 is 5.11 Å². The van der Waals surface area contributed by atoms with Crippen molar-refractivity contribution in [3.05, 3.63) is 38.9 Å². The van der Waals surface area contributed by atoms with Gasteiger partial charge in [-0.25, -0.2) is 0 Å². The summed E-state index contributed by atoms with van der Waals surface area (Å²) >= 11 is 5.81. The normalized spacial score (nSPS) is 17.4. The van der Waals surface area contributed by atoms with Crippen molar-refractivity contribution in [3.8, 4) is 0 Å². The lowest BCUT2D eigenvalue weighted by Crippen LogP contribution is -2.12. The first-order valence-corrected chi connectivity index (χ1v) is 7.51. The van der Waals surface area contributed by atoms with E-state index in [9.17, 15) is 14.9 Å². The maximum absolute atomic E-state index is 11.4. The maximum atomic E-state index is 11.4. The molecule has 0 bridgehead atoms. The zero-order valence-electron chi connectivity index (χ0n) is 11.8. The summed E-state index contributed by atoms with van der Waals surface area (Å²) in [5, 5.41) is 19.1. The van der Waals surface area contributed by atoms with Crippen LogP contribution in [0.4, 0.5) is 5.69 Å². The fraction of sp³-hybridized carbons (Fsp3) is 0.533. The molecule has 21 heavy (non-hydrogen) atoms. The molecule has 6 heteroatoms. The fourth-order valence-electron chi connectivity index (χ4n) is 3.17. The van der Waals surface area contributed by atoms with Crippen LogP contribution in [0.3, 0.4) is 0 Å². The van der Waals surface area contributed by atoms with Crippen molar-refractivity contribution in [2.75, 3.05) is 0 Å². The largest absolute Gasteiger partial charge is 0.480 e. The molecule has 1 aromatic rings. The Morgan fingerprint density at radius 1 is 1.38 bits per heavy atom. The van der Waals surface area contributed by atoms with Crippen molar-refractivity contribution in [3.63, 3.8) is 0 Å². The van der Waals surface area contributed by atoms with E-state index in [0.29, 0.717) is 0 Å². The third kappa shape index (κ3) is 3.35. The predicted octanol–water partition coefficient (Wildman–Crippen LogP) is 4.32. The van der Waals surface area contributed by atoms with Gasteiger partial charge in [-0.1, -0.05) is 25.3 Å². The number of nitro groups is 1. The van der Waals surface area contributed by atoms with Gasteiger partial charge in [0.1, 0.15) is 0 Å². The van der Waals surface area contributed by atoms with E-state index in [1.807, 2.05) is 0 Å². The molecular formula is C15H18ClNO4. The molecule has 114 valence electrons. The van der Waals surface area contributed by atoms with E-state index in [0.717, 1.165) is 36.8 Å². The zero-order valence-corrected chi connectivity index (χ0v) is 12.6. The van der Waals surface area contributed by atoms with Gasteiger partial charge in [-0.15, -0.1) is 11.6 Å². The Labute approximate surface area is 128 Å². The van der Waals surface area contributed by atoms with Gasteiger partial charge in [0, 0.05) is 11.6 Å². The number of carbonyl (C=O) groups is 1. The summed E-state index contributed by atoms with van der Waals surface area (Å²) < 4.78 is 0. The average Bonchev–Trinajstić information content (AvgIpc) is 2.46. The number of benzene rings is 1. The first-order chi connectivity index (χ1) is 9.91. The Bertz CT molecular complexity index is 567. The highest BCUT2D eigenvalue weighted by Crippen LogP contribution is 2.41. The van der Waals surface area contributed by atoms with Crippen LogP contribution in [0.15, 0.2) is 12.1 Å². The van der Waals surface area contributed by atoms with E-state index >= 15 is 0 Å². The number of hydrogen-bond donors (Lipinski definition) is 1. The molecule has 2 rings (SSSR count). The summed E-state index contributed by atoms with van der Waals surface area (Å²) in [6, 6.07) is 2.99. The molecular weight excluding hydrogens is 294 g/mol. The van der Waals surface area contributed by atoms with Crippen LogP contribution in [0.25, 0.3) is 0 Å². The number of nitro benzene ring substituents is 1. The maximum Gasteiger partial charge on any atom is 0.326 e. The van der Waals surface area contributed by atoms with Crippen LogP contribution < -0.4 is 0 Å². The molecule has 1 aliphatic rings. The SMILES string of the molecule is Cc1cc(C(Cl)C(=O)O)cc([N+](=O)[O-])c1C1CCCCC1. The molecule has 0 aliphatic heterocycles. The lowest BCUT2D eigenvalue weighted by atomic mass is 9.81. The first kappa shape index (κ1) is 15.8. The minimum atomic E-state index is -1.26. The molecule has 0 spiro atoms. The van der Waals surface area contributed by atoms with Crippen LogP contribution in [0, 0.1) is 17.0 Å². The monoisotopic (exact) mass is 311 g/mol. The van der Waals surface area contributed by atoms with E-state index in [1.165, 1.54) is 12.5 Å². The Kier molecular flexibility index (Phi) is 4.83. The fourth-order valence-corrected chi connectivity index (χ4v) is 3.30. The number of rotatable bonds is 4. The van der Waals surface area contributed by atoms with E-state index in [-0.39, 0.29) is 17.2 Å². The molecule has 1 atom stereocenters. The standard InChI is InChI=1S/C15H18ClNO4/c1-9-7-11(14(16)15(18)19)8-12(17(20)21)13(9)10-5-3-2-4-6-10/h7-8,10,14H,2-6H2,1H3,(H,18,19). The molecule has 0 heterocycles. The molecule has 0 amide bonds. The topological polar surface area (TPSA) is 80.4 Å². The quantitative estimate of drug-likeness (QED) is 0.510. The second-order valence-corrected chi connectivity index (χ2v) is 6.00. The molecule has 0 saturated heterocycles. The van der Waals surface area contributed by atoms with E-state index in [4.69, 9.17) is 16.7 Å². The van der Waals surface area contributed by atoms with Crippen LogP contribution >= 0.6 is 11.6 Å². The smallest absolute Gasteiger partial charge is 0.326 e. The number of alkyl halides is 1. The molecule has 0 aromatic heterocycles. The van der Waals surface area contributed by atoms with Gasteiger partial charge in [0.05, 0.1) is 4.92 Å². The Hall–Kier alpha value is -1.62. The number of halogens is 1. The summed E-state index contributed by atoms with van der Waals surface area (Å²) in [5.74, 6) is -1.01. The second-order valence-electron chi connectivity index (χ2n) is 5.56. The van der Waals surface area contributed by atoms with Crippen LogP contribution in [0.5, 0.6) is 0 Å². The molecule has 1 unspecified atom stereocenters. The summed E-state index contributed by atoms with van der Waals surface area (Å²) in [4.78, 5) is 21.9. The van der Waals surface area contributed by atoms with Gasteiger partial charge in [0.15, 0.2) is 5.38 Å². The lowest BCUT2D eigenvalue weighted by molar-refractivity contribution is -0.385. The minimum Gasteiger partial charge on any atom is -0.480 e. The number of nitrogens with zero attached hydrogens (tertiary/aromatic N) is 1. The zero-order chi connectivity index (χ0) is 15.6. The van der Waals surface area contributed by atoms with Gasteiger partial charge in [0.2, 0.25) is 0 Å². The number of hydrogen-bond acceptors (Lipinski definition) is 3. The van der Waals surface area contributed by atoms with Crippen LogP contribution in [0.1, 0.15) is 60.1 Å². The van der Waals surface area contributed by atoms with Gasteiger partial charge in [-0.3, -0.25) is 14.9 Å². The van der Waals surface area contributed by atoms with Crippen molar-refractivity contribution in [1.29, 1.82) is 0 Å². The highest BCUT2D eigenvalue weighted by molar-refractivity contribution is 6.29. The Balaban J connectivity index is 2.49. The van der Waals surface area contributed by atoms with E-state index < -0.39 is 16.3 Å². The molecule has 1 aliphatic carbocycles. The van der Waals surface area contributed by atoms with E-state index in [2.05, 4.69) is 0 Å². The van der Waals surface area contributed by atoms with Crippen molar-refractivity contribution in [1.82, 2.24) is 0 Å². The third-order valence-electron chi connectivity index (χ3n) is 4.11. The lowest BCUT2D eigenvalue weighted by Gasteiger charge is -2.24. The van der Waals surface area contributed by atoms with Crippen LogP contribution in [0.2, 0.25) is 0 Å². The number of aryl methyl sites for hydroxylation is 1. The summed E-state index contributed by atoms with van der Waals surface area (Å²) in [7, 11) is 0. The van der Waals surface area contributed by atoms with Gasteiger partial charge in [0.25, 0.3) is 5.69 Å². The number of carboxylic acid groups (broad SMARTS) is 1. The van der Waals surface area contributed by atoms with Crippen molar-refractivity contribution in [2.24, 2.45) is 0 Å². The molecule has 1 fully saturated rings. The highest BCUT2D eigenvalue weighted by atomic mass is 35.5. The third-order valence-corrected chi connectivity index (χ3v) is 4.55. The predicted molar refractivity (Wildman–Crippen MR) is 79.9 cm³/mol. The van der Waals surface area contributed by atoms with Crippen LogP contribution in [-0.2, 0) is 4.79 Å². The number of aliphatic carboxylic acids is 1. The molecule has 0 radical (unpaired) electrons. The molecule has 1 aromatic carbocycles. The van der Waals surface area contributed by atoms with E-state index in [1.54, 1.807) is 13.0 Å². The number of carboxylic acids is 1. The molecule has 1 N–H and O–H groups in total. The minimum absolute atomic E-state index is 0.00352. The summed E-state index contributed by atoms with van der Waals surface area (Å²) in [5.41, 5.74) is 1.78. The molecule has 5 nitrogen and oxygen atoms in total. The second kappa shape index (κ2) is 6.43. The summed E-state index contributed by atoms with van der Waals surface area (Å²) in [6.07, 6.45) is 5.23. The van der Waals surface area contributed by atoms with Crippen molar-refractivity contribution < 1.29 is 14.8 Å². The van der Waals surface area contributed by atoms with Crippen molar-refractivity contribution >= 4 is 23.3 Å². The van der Waals surface area contributed by atoms with Crippen molar-refractivity contribution in [2.45, 2.75) is 50.3 Å². The molecule has 1 saturated carbocycles. The van der Waals surface area contributed by atoms with Gasteiger partial charge >= 0.3 is 5.97 Å². The highest BCUT2D eigenvalue weighted by Gasteiger charge is 2.28. The Morgan fingerprint density at radius 2 is 2.00 bits per heavy atom. The van der Waals surface area contributed by atoms with Crippen LogP contribution in [-0.4, -0.2) is 16.0 Å². The first-order valence-electron chi connectivity index (χ1n) is 7.07. The summed E-state index contributed by atoms with van der Waals surface area (Å²) in [6.45, 7) is 1.80.